The summed E-state index contributed by atoms with van der Waals surface area (Å²) >= 11 is 0. The zero-order chi connectivity index (χ0) is 13.0. The van der Waals surface area contributed by atoms with Crippen molar-refractivity contribution >= 4 is 5.95 Å². The first-order chi connectivity index (χ1) is 8.74. The van der Waals surface area contributed by atoms with Crippen LogP contribution in [0.5, 0.6) is 5.75 Å². The third-order valence-corrected chi connectivity index (χ3v) is 2.89. The summed E-state index contributed by atoms with van der Waals surface area (Å²) < 4.78 is 6.97. The number of nitrogen functional groups attached to an aromatic ring is 1. The van der Waals surface area contributed by atoms with Crippen molar-refractivity contribution in [2.75, 3.05) is 12.5 Å². The molecule has 1 aromatic carbocycles. The molecule has 0 amide bonds. The molecule has 6 heteroatoms. The Balaban J connectivity index is 1.99. The number of nitrogens with one attached hydrogen (secondary N) is 1. The maximum atomic E-state index is 5.32. The van der Waals surface area contributed by atoms with Gasteiger partial charge in [-0.3, -0.25) is 9.99 Å². The number of hydrazine groups is 1. The summed E-state index contributed by atoms with van der Waals surface area (Å²) in [5, 5.41) is 8.01. The molecule has 0 aliphatic carbocycles. The van der Waals surface area contributed by atoms with E-state index >= 15 is 0 Å². The largest absolute Gasteiger partial charge is 0.497 e. The molecule has 0 fully saturated rings. The highest BCUT2D eigenvalue weighted by molar-refractivity contribution is 5.28. The summed E-state index contributed by atoms with van der Waals surface area (Å²) in [4.78, 5) is 0. The molecule has 0 unspecified atom stereocenters. The molecule has 0 bridgehead atoms. The van der Waals surface area contributed by atoms with E-state index in [1.165, 1.54) is 5.56 Å². The van der Waals surface area contributed by atoms with Gasteiger partial charge in [0.05, 0.1) is 7.11 Å². The molecule has 1 heterocycles. The van der Waals surface area contributed by atoms with E-state index in [4.69, 9.17) is 10.6 Å². The minimum atomic E-state index is 0.569. The van der Waals surface area contributed by atoms with Crippen molar-refractivity contribution in [1.82, 2.24) is 14.8 Å². The molecule has 0 spiro atoms. The van der Waals surface area contributed by atoms with Crippen molar-refractivity contribution in [3.05, 3.63) is 35.7 Å². The van der Waals surface area contributed by atoms with Gasteiger partial charge in [0.25, 0.3) is 0 Å². The second kappa shape index (κ2) is 5.50. The molecule has 0 aliphatic rings. The van der Waals surface area contributed by atoms with Crippen LogP contribution in [-0.2, 0) is 19.9 Å². The third-order valence-electron chi connectivity index (χ3n) is 2.89. The molecule has 0 radical (unpaired) electrons. The lowest BCUT2D eigenvalue weighted by atomic mass is 10.1. The van der Waals surface area contributed by atoms with Crippen molar-refractivity contribution in [3.63, 3.8) is 0 Å². The molecule has 0 atom stereocenters. The van der Waals surface area contributed by atoms with Gasteiger partial charge in [-0.25, -0.2) is 5.84 Å². The molecule has 0 saturated carbocycles. The molecule has 2 rings (SSSR count). The van der Waals surface area contributed by atoms with Gasteiger partial charge in [-0.15, -0.1) is 10.2 Å². The van der Waals surface area contributed by atoms with Gasteiger partial charge < -0.3 is 4.74 Å². The highest BCUT2D eigenvalue weighted by Gasteiger charge is 2.07. The lowest BCUT2D eigenvalue weighted by Gasteiger charge is -2.04. The fourth-order valence-corrected chi connectivity index (χ4v) is 1.75. The van der Waals surface area contributed by atoms with Crippen molar-refractivity contribution in [3.8, 4) is 5.75 Å². The number of anilines is 1. The Morgan fingerprint density at radius 1 is 1.22 bits per heavy atom. The Hall–Kier alpha value is -2.08. The van der Waals surface area contributed by atoms with Gasteiger partial charge in [-0.2, -0.15) is 0 Å². The van der Waals surface area contributed by atoms with E-state index in [-0.39, 0.29) is 0 Å². The van der Waals surface area contributed by atoms with Crippen LogP contribution in [0.25, 0.3) is 0 Å². The Morgan fingerprint density at radius 2 is 1.94 bits per heavy atom. The average Bonchev–Trinajstić information content (AvgIpc) is 2.77. The summed E-state index contributed by atoms with van der Waals surface area (Å²) in [5.74, 6) is 7.65. The topological polar surface area (TPSA) is 78.0 Å². The van der Waals surface area contributed by atoms with Crippen LogP contribution in [0.2, 0.25) is 0 Å². The van der Waals surface area contributed by atoms with Crippen LogP contribution < -0.4 is 16.0 Å². The highest BCUT2D eigenvalue weighted by Crippen LogP contribution is 2.13. The van der Waals surface area contributed by atoms with Crippen LogP contribution in [0.15, 0.2) is 24.3 Å². The minimum Gasteiger partial charge on any atom is -0.497 e. The predicted octanol–water partition coefficient (Wildman–Crippen LogP) is 0.894. The lowest BCUT2D eigenvalue weighted by molar-refractivity contribution is 0.414. The van der Waals surface area contributed by atoms with Crippen LogP contribution in [0.3, 0.4) is 0 Å². The quantitative estimate of drug-likeness (QED) is 0.606. The van der Waals surface area contributed by atoms with Gasteiger partial charge >= 0.3 is 0 Å². The standard InChI is InChI=1S/C12H17N5O/c1-17-11(15-16-12(17)14-13)8-5-9-3-6-10(18-2)7-4-9/h3-4,6-7H,5,8,13H2,1-2H3,(H,14,16). The molecule has 0 aliphatic heterocycles. The zero-order valence-electron chi connectivity index (χ0n) is 10.6. The molecular weight excluding hydrogens is 230 g/mol. The number of hydrogen-bond acceptors (Lipinski definition) is 5. The maximum Gasteiger partial charge on any atom is 0.238 e. The van der Waals surface area contributed by atoms with Gasteiger partial charge in [-0.1, -0.05) is 12.1 Å². The predicted molar refractivity (Wildman–Crippen MR) is 69.2 cm³/mol. The van der Waals surface area contributed by atoms with Gasteiger partial charge in [0.2, 0.25) is 5.95 Å². The Kier molecular flexibility index (Phi) is 3.78. The third kappa shape index (κ3) is 2.60. The molecule has 96 valence electrons. The molecule has 6 nitrogen and oxygen atoms in total. The fraction of sp³-hybridized carbons (Fsp3) is 0.333. The van der Waals surface area contributed by atoms with Crippen LogP contribution in [0.1, 0.15) is 11.4 Å². The Labute approximate surface area is 106 Å². The van der Waals surface area contributed by atoms with E-state index in [1.807, 2.05) is 23.7 Å². The molecule has 1 aromatic heterocycles. The van der Waals surface area contributed by atoms with Crippen molar-refractivity contribution < 1.29 is 4.74 Å². The Morgan fingerprint density at radius 3 is 2.50 bits per heavy atom. The van der Waals surface area contributed by atoms with E-state index in [2.05, 4.69) is 27.8 Å². The SMILES string of the molecule is COc1ccc(CCc2nnc(NN)n2C)cc1. The Bertz CT molecular complexity index is 506. The molecule has 0 saturated heterocycles. The molecule has 18 heavy (non-hydrogen) atoms. The lowest BCUT2D eigenvalue weighted by Crippen LogP contribution is -2.12. The average molecular weight is 247 g/mol. The van der Waals surface area contributed by atoms with Crippen molar-refractivity contribution in [2.24, 2.45) is 12.9 Å². The molecular formula is C12H17N5O. The van der Waals surface area contributed by atoms with Crippen LogP contribution in [0.4, 0.5) is 5.95 Å². The van der Waals surface area contributed by atoms with Crippen LogP contribution >= 0.6 is 0 Å². The first kappa shape index (κ1) is 12.4. The van der Waals surface area contributed by atoms with E-state index in [1.54, 1.807) is 7.11 Å². The second-order valence-corrected chi connectivity index (χ2v) is 3.99. The van der Waals surface area contributed by atoms with E-state index in [9.17, 15) is 0 Å². The number of rotatable bonds is 5. The number of ether oxygens (including phenoxy) is 1. The number of benzene rings is 1. The number of nitrogens with two attached hydrogens (primary N) is 1. The van der Waals surface area contributed by atoms with Crippen LogP contribution in [0, 0.1) is 0 Å². The first-order valence-electron chi connectivity index (χ1n) is 5.72. The monoisotopic (exact) mass is 247 g/mol. The highest BCUT2D eigenvalue weighted by atomic mass is 16.5. The summed E-state index contributed by atoms with van der Waals surface area (Å²) in [7, 11) is 3.55. The summed E-state index contributed by atoms with van der Waals surface area (Å²) in [6.07, 6.45) is 1.72. The smallest absolute Gasteiger partial charge is 0.238 e. The van der Waals surface area contributed by atoms with E-state index in [0.29, 0.717) is 5.95 Å². The molecule has 2 aromatic rings. The summed E-state index contributed by atoms with van der Waals surface area (Å²) in [6.45, 7) is 0. The number of hydrogen-bond donors (Lipinski definition) is 2. The number of aryl methyl sites for hydroxylation is 2. The van der Waals surface area contributed by atoms with Gasteiger partial charge in [0.1, 0.15) is 11.6 Å². The zero-order valence-corrected chi connectivity index (χ0v) is 10.6. The van der Waals surface area contributed by atoms with Crippen molar-refractivity contribution in [1.29, 1.82) is 0 Å². The normalized spacial score (nSPS) is 10.4. The van der Waals surface area contributed by atoms with Gasteiger partial charge in [-0.05, 0) is 24.1 Å². The van der Waals surface area contributed by atoms with E-state index < -0.39 is 0 Å². The number of methoxy groups -OCH3 is 1. The minimum absolute atomic E-state index is 0.569. The number of aromatic nitrogens is 3. The van der Waals surface area contributed by atoms with Gasteiger partial charge in [0, 0.05) is 13.5 Å². The second-order valence-electron chi connectivity index (χ2n) is 3.99. The first-order valence-corrected chi connectivity index (χ1v) is 5.72. The fourth-order valence-electron chi connectivity index (χ4n) is 1.75. The maximum absolute atomic E-state index is 5.32. The molecule has 3 N–H and O–H groups in total. The van der Waals surface area contributed by atoms with Crippen molar-refractivity contribution in [2.45, 2.75) is 12.8 Å². The number of nitrogens with zero attached hydrogens (tertiary/aromatic N) is 3. The van der Waals surface area contributed by atoms with Gasteiger partial charge in [0.15, 0.2) is 0 Å². The summed E-state index contributed by atoms with van der Waals surface area (Å²) in [5.41, 5.74) is 3.74. The van der Waals surface area contributed by atoms with E-state index in [0.717, 1.165) is 24.4 Å². The van der Waals surface area contributed by atoms with Crippen LogP contribution in [-0.4, -0.2) is 21.9 Å². The summed E-state index contributed by atoms with van der Waals surface area (Å²) in [6, 6.07) is 8.02.